The lowest BCUT2D eigenvalue weighted by Gasteiger charge is -2.60. The van der Waals surface area contributed by atoms with Crippen LogP contribution in [0.25, 0.3) is 5.76 Å². The first-order valence-corrected chi connectivity index (χ1v) is 15.6. The zero-order valence-corrected chi connectivity index (χ0v) is 26.1. The molecule has 4 atom stereocenters. The maximum absolute atomic E-state index is 14.5. The van der Waals surface area contributed by atoms with Gasteiger partial charge in [0.25, 0.3) is 0 Å². The molecule has 1 unspecified atom stereocenters. The summed E-state index contributed by atoms with van der Waals surface area (Å²) in [4.78, 5) is 40.8. The van der Waals surface area contributed by atoms with Gasteiger partial charge in [0.15, 0.2) is 17.2 Å². The number of aliphatic hydroxyl groups excluding tert-OH is 2. The molecule has 1 aromatic carbocycles. The van der Waals surface area contributed by atoms with E-state index in [0.29, 0.717) is 18.8 Å². The summed E-state index contributed by atoms with van der Waals surface area (Å²) >= 11 is 0. The molecule has 1 aromatic rings. The molecular formula is C35H46O7. The highest BCUT2D eigenvalue weighted by molar-refractivity contribution is 6.24. The van der Waals surface area contributed by atoms with Gasteiger partial charge in [0, 0.05) is 22.3 Å². The number of phenols is 1. The molecule has 7 heteroatoms. The molecule has 0 aromatic heterocycles. The smallest absolute Gasteiger partial charge is 0.203 e. The van der Waals surface area contributed by atoms with Crippen molar-refractivity contribution in [3.63, 3.8) is 0 Å². The Bertz CT molecular complexity index is 1440. The number of phenolic OH excluding ortho intramolecular Hbond substituents is 1. The minimum Gasteiger partial charge on any atom is -0.508 e. The van der Waals surface area contributed by atoms with E-state index in [4.69, 9.17) is 0 Å². The van der Waals surface area contributed by atoms with Crippen LogP contribution in [0.4, 0.5) is 0 Å². The Morgan fingerprint density at radius 3 is 2.21 bits per heavy atom. The second-order valence-electron chi connectivity index (χ2n) is 14.6. The lowest BCUT2D eigenvalue weighted by molar-refractivity contribution is -0.178. The van der Waals surface area contributed by atoms with Crippen molar-refractivity contribution in [1.29, 1.82) is 0 Å². The fourth-order valence-corrected chi connectivity index (χ4v) is 9.24. The Morgan fingerprint density at radius 1 is 1.05 bits per heavy atom. The summed E-state index contributed by atoms with van der Waals surface area (Å²) in [6.45, 7) is 12.4. The van der Waals surface area contributed by atoms with E-state index < -0.39 is 56.8 Å². The van der Waals surface area contributed by atoms with Crippen molar-refractivity contribution < 1.29 is 34.8 Å². The first kappa shape index (κ1) is 30.5. The van der Waals surface area contributed by atoms with Gasteiger partial charge in [-0.15, -0.1) is 0 Å². The molecule has 0 aliphatic heterocycles. The summed E-state index contributed by atoms with van der Waals surface area (Å²) in [5.74, 6) is -4.16. The van der Waals surface area contributed by atoms with Gasteiger partial charge in [-0.3, -0.25) is 14.4 Å². The van der Waals surface area contributed by atoms with Crippen molar-refractivity contribution in [2.24, 2.45) is 28.6 Å². The zero-order valence-electron chi connectivity index (χ0n) is 26.1. The van der Waals surface area contributed by atoms with Gasteiger partial charge in [0.05, 0.1) is 5.56 Å². The molecule has 0 saturated heterocycles. The van der Waals surface area contributed by atoms with E-state index in [2.05, 4.69) is 13.8 Å². The Labute approximate surface area is 248 Å². The number of carbonyl (C=O) groups excluding carboxylic acids is 3. The van der Waals surface area contributed by atoms with E-state index in [0.717, 1.165) is 30.0 Å². The molecule has 2 saturated carbocycles. The summed E-state index contributed by atoms with van der Waals surface area (Å²) in [5, 5.41) is 47.1. The number of Topliss-reactive ketones (excluding diaryl/α,β-unsaturated/α-hetero) is 3. The topological polar surface area (TPSA) is 132 Å². The fourth-order valence-electron chi connectivity index (χ4n) is 9.24. The number of hydrogen-bond acceptors (Lipinski definition) is 7. The third-order valence-corrected chi connectivity index (χ3v) is 11.0. The number of carbonyl (C=O) groups is 3. The van der Waals surface area contributed by atoms with Crippen LogP contribution in [-0.2, 0) is 27.2 Å². The molecule has 228 valence electrons. The SMILES string of the molecule is CC(=O)C1=C(O)[C@]2(O)C(=O)C3=C(O)c4c(O)c(CCC5CCCC5)cc(C(C)C)c4C[C@]3(C)C[C@]2(C)C(C(C)C)C1=O. The Morgan fingerprint density at radius 2 is 1.67 bits per heavy atom. The molecule has 4 aliphatic carbocycles. The second-order valence-corrected chi connectivity index (χ2v) is 14.6. The molecule has 0 radical (unpaired) electrons. The number of benzene rings is 1. The normalized spacial score (nSPS) is 31.6. The number of aliphatic hydroxyl groups is 3. The molecule has 0 bridgehead atoms. The minimum absolute atomic E-state index is 0.0457. The standard InChI is InChI=1S/C35H46O7/c1-17(2)22-14-21(13-12-20-10-8-9-11-20)28(37)25-23(22)15-33(6)16-34(7)26(18(3)4)29(38)24(19(5)36)31(40)35(34,42)32(41)27(33)30(25)39/h14,17-18,20,26,37,39-40,42H,8-13,15-16H2,1-7H3/t26?,33-,34-,35+/m1/s1. The van der Waals surface area contributed by atoms with E-state index >= 15 is 0 Å². The largest absolute Gasteiger partial charge is 0.508 e. The number of rotatable bonds is 6. The first-order valence-electron chi connectivity index (χ1n) is 15.6. The molecule has 0 spiro atoms. The molecule has 0 amide bonds. The highest BCUT2D eigenvalue weighted by Gasteiger charge is 2.72. The van der Waals surface area contributed by atoms with E-state index in [1.165, 1.54) is 25.7 Å². The van der Waals surface area contributed by atoms with Gasteiger partial charge in [0.1, 0.15) is 22.8 Å². The van der Waals surface area contributed by atoms with Crippen LogP contribution in [0.1, 0.15) is 115 Å². The number of allylic oxidation sites excluding steroid dienone is 1. The molecule has 4 aliphatic rings. The summed E-state index contributed by atoms with van der Waals surface area (Å²) in [6.07, 6.45) is 6.82. The second kappa shape index (κ2) is 10.1. The molecule has 2 fully saturated rings. The van der Waals surface area contributed by atoms with Crippen LogP contribution in [0.3, 0.4) is 0 Å². The summed E-state index contributed by atoms with van der Waals surface area (Å²) < 4.78 is 0. The lowest BCUT2D eigenvalue weighted by Crippen LogP contribution is -2.69. The van der Waals surface area contributed by atoms with E-state index in [1.54, 1.807) is 6.92 Å². The average molecular weight is 579 g/mol. The zero-order chi connectivity index (χ0) is 31.1. The van der Waals surface area contributed by atoms with E-state index in [-0.39, 0.29) is 35.1 Å². The van der Waals surface area contributed by atoms with Crippen molar-refractivity contribution in [1.82, 2.24) is 0 Å². The minimum atomic E-state index is -2.59. The van der Waals surface area contributed by atoms with Crippen LogP contribution in [-0.4, -0.2) is 43.4 Å². The number of fused-ring (bicyclic) bond motifs is 3. The van der Waals surface area contributed by atoms with Gasteiger partial charge in [0.2, 0.25) is 5.78 Å². The third kappa shape index (κ3) is 4.05. The van der Waals surface area contributed by atoms with Crippen LogP contribution in [0.2, 0.25) is 0 Å². The number of hydrogen-bond donors (Lipinski definition) is 4. The van der Waals surface area contributed by atoms with Crippen molar-refractivity contribution in [2.45, 2.75) is 111 Å². The summed E-state index contributed by atoms with van der Waals surface area (Å²) in [7, 11) is 0. The predicted octanol–water partition coefficient (Wildman–Crippen LogP) is 6.44. The van der Waals surface area contributed by atoms with Crippen molar-refractivity contribution in [2.75, 3.05) is 0 Å². The average Bonchev–Trinajstić information content (AvgIpc) is 3.39. The molecule has 7 nitrogen and oxygen atoms in total. The Balaban J connectivity index is 1.74. The first-order chi connectivity index (χ1) is 19.5. The van der Waals surface area contributed by atoms with Gasteiger partial charge in [-0.25, -0.2) is 0 Å². The summed E-state index contributed by atoms with van der Waals surface area (Å²) in [5.41, 5.74) is -2.95. The molecule has 4 N–H and O–H groups in total. The van der Waals surface area contributed by atoms with Crippen molar-refractivity contribution >= 4 is 23.1 Å². The van der Waals surface area contributed by atoms with Crippen molar-refractivity contribution in [3.8, 4) is 5.75 Å². The fraction of sp³-hybridized carbons (Fsp3) is 0.629. The van der Waals surface area contributed by atoms with Gasteiger partial charge < -0.3 is 20.4 Å². The van der Waals surface area contributed by atoms with E-state index in [9.17, 15) is 34.8 Å². The Hall–Kier alpha value is -2.93. The predicted molar refractivity (Wildman–Crippen MR) is 160 cm³/mol. The molecular weight excluding hydrogens is 532 g/mol. The highest BCUT2D eigenvalue weighted by atomic mass is 16.3. The van der Waals surface area contributed by atoms with Gasteiger partial charge in [-0.05, 0) is 67.1 Å². The molecule has 42 heavy (non-hydrogen) atoms. The monoisotopic (exact) mass is 578 g/mol. The van der Waals surface area contributed by atoms with Gasteiger partial charge in [-0.2, -0.15) is 0 Å². The third-order valence-electron chi connectivity index (χ3n) is 11.0. The molecule has 5 rings (SSSR count). The Kier molecular flexibility index (Phi) is 7.32. The maximum Gasteiger partial charge on any atom is 0.203 e. The van der Waals surface area contributed by atoms with Gasteiger partial charge in [-0.1, -0.05) is 73.3 Å². The lowest BCUT2D eigenvalue weighted by atomic mass is 9.43. The van der Waals surface area contributed by atoms with Crippen LogP contribution in [0.5, 0.6) is 5.75 Å². The number of aromatic hydroxyl groups is 1. The van der Waals surface area contributed by atoms with Crippen LogP contribution >= 0.6 is 0 Å². The number of aryl methyl sites for hydroxylation is 1. The maximum atomic E-state index is 14.5. The van der Waals surface area contributed by atoms with E-state index in [1.807, 2.05) is 26.8 Å². The number of ketones is 3. The molecule has 0 heterocycles. The van der Waals surface area contributed by atoms with Crippen molar-refractivity contribution in [3.05, 3.63) is 45.2 Å². The van der Waals surface area contributed by atoms with Crippen LogP contribution in [0.15, 0.2) is 23.0 Å². The highest BCUT2D eigenvalue weighted by Crippen LogP contribution is 2.65. The van der Waals surface area contributed by atoms with Crippen LogP contribution in [0, 0.1) is 28.6 Å². The van der Waals surface area contributed by atoms with Crippen LogP contribution < -0.4 is 0 Å². The van der Waals surface area contributed by atoms with Gasteiger partial charge >= 0.3 is 0 Å². The quantitative estimate of drug-likeness (QED) is 0.286. The summed E-state index contributed by atoms with van der Waals surface area (Å²) in [6, 6.07) is 2.05.